The lowest BCUT2D eigenvalue weighted by Gasteiger charge is -2.32. The molecule has 6 heteroatoms. The minimum atomic E-state index is -0.0906. The molecule has 1 unspecified atom stereocenters. The maximum Gasteiger partial charge on any atom is 0.306 e. The Bertz CT molecular complexity index is 618. The highest BCUT2D eigenvalue weighted by atomic mass is 32.2. The number of carbonyl (C=O) groups excluding carboxylic acids is 1. The van der Waals surface area contributed by atoms with Crippen molar-refractivity contribution in [1.29, 1.82) is 0 Å². The number of piperazine rings is 1. The molecule has 1 aromatic carbocycles. The van der Waals surface area contributed by atoms with E-state index in [1.54, 1.807) is 11.8 Å². The van der Waals surface area contributed by atoms with Crippen molar-refractivity contribution in [1.82, 2.24) is 9.80 Å². The van der Waals surface area contributed by atoms with E-state index in [0.717, 1.165) is 61.9 Å². The van der Waals surface area contributed by atoms with Crippen LogP contribution in [-0.4, -0.2) is 61.4 Å². The molecule has 164 valence electrons. The molecule has 29 heavy (non-hydrogen) atoms. The van der Waals surface area contributed by atoms with Crippen LogP contribution in [-0.2, 0) is 16.1 Å². The van der Waals surface area contributed by atoms with E-state index in [9.17, 15) is 4.79 Å². The maximum atomic E-state index is 12.0. The molecule has 0 aliphatic carbocycles. The zero-order valence-electron chi connectivity index (χ0n) is 18.5. The van der Waals surface area contributed by atoms with Crippen molar-refractivity contribution in [2.24, 2.45) is 5.92 Å². The Morgan fingerprint density at radius 1 is 1.24 bits per heavy atom. The third-order valence-corrected chi connectivity index (χ3v) is 6.70. The average molecular weight is 422 g/mol. The predicted octanol–water partition coefficient (Wildman–Crippen LogP) is 4.26. The van der Waals surface area contributed by atoms with Crippen molar-refractivity contribution in [2.75, 3.05) is 51.3 Å². The van der Waals surface area contributed by atoms with Gasteiger partial charge in [0, 0.05) is 49.1 Å². The predicted molar refractivity (Wildman–Crippen MR) is 123 cm³/mol. The fourth-order valence-corrected chi connectivity index (χ4v) is 4.37. The molecule has 2 N–H and O–H groups in total. The number of hydrogen-bond donors (Lipinski definition) is 1. The summed E-state index contributed by atoms with van der Waals surface area (Å²) in [6.45, 7) is 10.2. The molecule has 1 heterocycles. The number of anilines is 1. The van der Waals surface area contributed by atoms with Crippen LogP contribution in [0.15, 0.2) is 23.1 Å². The Kier molecular flexibility index (Phi) is 10.9. The van der Waals surface area contributed by atoms with Crippen molar-refractivity contribution in [3.8, 4) is 0 Å². The van der Waals surface area contributed by atoms with E-state index in [1.165, 1.54) is 18.4 Å². The number of likely N-dealkylation sites (N-methyl/N-ethyl adjacent to an activating group) is 1. The number of nitrogens with zero attached hydrogens (tertiary/aromatic N) is 2. The number of ether oxygens (including phenoxy) is 1. The van der Waals surface area contributed by atoms with Gasteiger partial charge in [0.05, 0.1) is 13.0 Å². The summed E-state index contributed by atoms with van der Waals surface area (Å²) < 4.78 is 5.48. The van der Waals surface area contributed by atoms with Gasteiger partial charge < -0.3 is 15.4 Å². The quantitative estimate of drug-likeness (QED) is 0.309. The highest BCUT2D eigenvalue weighted by Crippen LogP contribution is 2.25. The van der Waals surface area contributed by atoms with Gasteiger partial charge >= 0.3 is 5.97 Å². The first-order chi connectivity index (χ1) is 14.0. The molecule has 0 spiro atoms. The molecule has 0 amide bonds. The summed E-state index contributed by atoms with van der Waals surface area (Å²) in [5.74, 6) is 1.13. The molecule has 2 rings (SSSR count). The molecule has 0 aromatic heterocycles. The molecule has 0 saturated carbocycles. The number of rotatable bonds is 12. The van der Waals surface area contributed by atoms with Crippen LogP contribution in [0, 0.1) is 5.92 Å². The third kappa shape index (κ3) is 8.97. The van der Waals surface area contributed by atoms with Crippen LogP contribution in [0.3, 0.4) is 0 Å². The van der Waals surface area contributed by atoms with Gasteiger partial charge in [-0.05, 0) is 37.1 Å². The summed E-state index contributed by atoms with van der Waals surface area (Å²) in [6.07, 6.45) is 5.06. The van der Waals surface area contributed by atoms with Crippen molar-refractivity contribution >= 4 is 23.4 Å². The van der Waals surface area contributed by atoms with E-state index in [0.29, 0.717) is 18.9 Å². The van der Waals surface area contributed by atoms with Gasteiger partial charge in [-0.3, -0.25) is 9.69 Å². The number of hydrogen-bond acceptors (Lipinski definition) is 6. The summed E-state index contributed by atoms with van der Waals surface area (Å²) in [7, 11) is 2.17. The van der Waals surface area contributed by atoms with E-state index < -0.39 is 0 Å². The second kappa shape index (κ2) is 13.1. The molecule has 5 nitrogen and oxygen atoms in total. The van der Waals surface area contributed by atoms with Gasteiger partial charge in [-0.25, -0.2) is 0 Å². The first-order valence-electron chi connectivity index (χ1n) is 11.1. The summed E-state index contributed by atoms with van der Waals surface area (Å²) in [5.41, 5.74) is 8.33. The zero-order valence-corrected chi connectivity index (χ0v) is 19.3. The summed E-state index contributed by atoms with van der Waals surface area (Å²) >= 11 is 1.67. The second-order valence-electron chi connectivity index (χ2n) is 8.14. The lowest BCUT2D eigenvalue weighted by atomic mass is 10.0. The first-order valence-corrected chi connectivity index (χ1v) is 12.1. The van der Waals surface area contributed by atoms with Crippen LogP contribution in [0.5, 0.6) is 0 Å². The fraction of sp³-hybridized carbons (Fsp3) is 0.696. The molecule has 0 radical (unpaired) electrons. The minimum absolute atomic E-state index is 0.0906. The topological polar surface area (TPSA) is 58.8 Å². The normalized spacial score (nSPS) is 16.7. The number of thioether (sulfide) groups is 1. The largest absolute Gasteiger partial charge is 0.465 e. The van der Waals surface area contributed by atoms with E-state index in [-0.39, 0.29) is 5.97 Å². The number of unbranched alkanes of at least 4 members (excludes halogenated alkanes) is 1. The Balaban J connectivity index is 1.69. The van der Waals surface area contributed by atoms with Crippen LogP contribution in [0.2, 0.25) is 0 Å². The fourth-order valence-electron chi connectivity index (χ4n) is 3.49. The van der Waals surface area contributed by atoms with E-state index >= 15 is 0 Å². The van der Waals surface area contributed by atoms with Gasteiger partial charge in [0.25, 0.3) is 0 Å². The number of esters is 1. The SMILES string of the molecule is CCCCC(CC)COC(=O)CCSc1ccc(CN2CCN(C)CC2)c(N)c1. The lowest BCUT2D eigenvalue weighted by molar-refractivity contribution is -0.144. The molecule has 1 aromatic rings. The van der Waals surface area contributed by atoms with E-state index in [2.05, 4.69) is 42.8 Å². The average Bonchev–Trinajstić information content (AvgIpc) is 2.71. The van der Waals surface area contributed by atoms with Gasteiger partial charge in [-0.1, -0.05) is 39.2 Å². The third-order valence-electron chi connectivity index (χ3n) is 5.71. The Hall–Kier alpha value is -1.24. The van der Waals surface area contributed by atoms with Crippen LogP contribution < -0.4 is 5.73 Å². The Morgan fingerprint density at radius 3 is 2.66 bits per heavy atom. The summed E-state index contributed by atoms with van der Waals surface area (Å²) in [6, 6.07) is 6.29. The number of nitrogens with two attached hydrogens (primary N) is 1. The summed E-state index contributed by atoms with van der Waals surface area (Å²) in [5, 5.41) is 0. The van der Waals surface area contributed by atoms with Crippen molar-refractivity contribution in [3.05, 3.63) is 23.8 Å². The lowest BCUT2D eigenvalue weighted by Crippen LogP contribution is -2.43. The van der Waals surface area contributed by atoms with Crippen LogP contribution >= 0.6 is 11.8 Å². The van der Waals surface area contributed by atoms with Gasteiger partial charge in [0.1, 0.15) is 0 Å². The standard InChI is InChI=1S/C23H39N3O2S/c1-4-6-7-19(5-2)18-28-23(27)10-15-29-21-9-8-20(22(24)16-21)17-26-13-11-25(3)12-14-26/h8-9,16,19H,4-7,10-15,17-18,24H2,1-3H3. The molecule has 1 aliphatic rings. The van der Waals surface area contributed by atoms with Crippen molar-refractivity contribution < 1.29 is 9.53 Å². The minimum Gasteiger partial charge on any atom is -0.465 e. The molecule has 0 bridgehead atoms. The molecule has 1 fully saturated rings. The van der Waals surface area contributed by atoms with E-state index in [1.807, 2.05) is 6.07 Å². The molecule has 1 aliphatic heterocycles. The van der Waals surface area contributed by atoms with Crippen molar-refractivity contribution in [2.45, 2.75) is 57.4 Å². The Labute approximate surface area is 181 Å². The smallest absolute Gasteiger partial charge is 0.306 e. The van der Waals surface area contributed by atoms with Gasteiger partial charge in [0.15, 0.2) is 0 Å². The zero-order chi connectivity index (χ0) is 21.1. The van der Waals surface area contributed by atoms with Gasteiger partial charge in [-0.2, -0.15) is 0 Å². The van der Waals surface area contributed by atoms with Crippen LogP contribution in [0.4, 0.5) is 5.69 Å². The molecule has 1 atom stereocenters. The summed E-state index contributed by atoms with van der Waals surface area (Å²) in [4.78, 5) is 18.0. The first kappa shape index (κ1) is 24.0. The number of carbonyl (C=O) groups is 1. The van der Waals surface area contributed by atoms with Gasteiger partial charge in [0.2, 0.25) is 0 Å². The molecular formula is C23H39N3O2S. The number of nitrogen functional groups attached to an aromatic ring is 1. The highest BCUT2D eigenvalue weighted by molar-refractivity contribution is 7.99. The van der Waals surface area contributed by atoms with Gasteiger partial charge in [-0.15, -0.1) is 11.8 Å². The maximum absolute atomic E-state index is 12.0. The van der Waals surface area contributed by atoms with Crippen LogP contribution in [0.1, 0.15) is 51.5 Å². The number of benzene rings is 1. The van der Waals surface area contributed by atoms with Crippen molar-refractivity contribution in [3.63, 3.8) is 0 Å². The molecule has 1 saturated heterocycles. The molecular weight excluding hydrogens is 382 g/mol. The van der Waals surface area contributed by atoms with Crippen LogP contribution in [0.25, 0.3) is 0 Å². The van der Waals surface area contributed by atoms with E-state index in [4.69, 9.17) is 10.5 Å². The highest BCUT2D eigenvalue weighted by Gasteiger charge is 2.15. The Morgan fingerprint density at radius 2 is 2.00 bits per heavy atom. The monoisotopic (exact) mass is 421 g/mol. The second-order valence-corrected chi connectivity index (χ2v) is 9.31.